The lowest BCUT2D eigenvalue weighted by Gasteiger charge is -2.07. The molecule has 0 saturated heterocycles. The van der Waals surface area contributed by atoms with Crippen LogP contribution >= 0.6 is 23.2 Å². The number of benzene rings is 2. The van der Waals surface area contributed by atoms with Crippen LogP contribution in [0.25, 0.3) is 21.7 Å². The van der Waals surface area contributed by atoms with E-state index < -0.39 is 0 Å². The number of aryl methyl sites for hydroxylation is 2. The fraction of sp³-hybridized carbons (Fsp3) is 0.133. The molecule has 0 aliphatic rings. The van der Waals surface area contributed by atoms with E-state index in [4.69, 9.17) is 27.6 Å². The van der Waals surface area contributed by atoms with Crippen molar-refractivity contribution < 1.29 is 4.42 Å². The van der Waals surface area contributed by atoms with Crippen LogP contribution in [0, 0.1) is 13.8 Å². The minimum atomic E-state index is -0.380. The van der Waals surface area contributed by atoms with Crippen LogP contribution in [0.5, 0.6) is 0 Å². The molecule has 0 atom stereocenters. The Morgan fingerprint density at radius 3 is 2.21 bits per heavy atom. The maximum Gasteiger partial charge on any atom is 0.344 e. The normalized spacial score (nSPS) is 11.4. The summed E-state index contributed by atoms with van der Waals surface area (Å²) in [5.74, 6) is 0. The van der Waals surface area contributed by atoms with Gasteiger partial charge in [0.25, 0.3) is 0 Å². The van der Waals surface area contributed by atoms with Crippen molar-refractivity contribution in [2.45, 2.75) is 13.8 Å². The third-order valence-electron chi connectivity index (χ3n) is 3.35. The van der Waals surface area contributed by atoms with Gasteiger partial charge in [-0.3, -0.25) is 0 Å². The van der Waals surface area contributed by atoms with Crippen molar-refractivity contribution in [3.8, 4) is 0 Å². The van der Waals surface area contributed by atoms with E-state index in [1.807, 2.05) is 26.0 Å². The van der Waals surface area contributed by atoms with Crippen molar-refractivity contribution in [1.82, 2.24) is 0 Å². The average Bonchev–Trinajstić information content (AvgIpc) is 2.33. The van der Waals surface area contributed by atoms with Gasteiger partial charge >= 0.3 is 5.63 Å². The average molecular weight is 293 g/mol. The van der Waals surface area contributed by atoms with E-state index >= 15 is 0 Å². The Labute approximate surface area is 119 Å². The highest BCUT2D eigenvalue weighted by atomic mass is 35.5. The molecule has 0 aliphatic heterocycles. The predicted octanol–water partition coefficient (Wildman–Crippen LogP) is 4.87. The van der Waals surface area contributed by atoms with E-state index in [-0.39, 0.29) is 5.63 Å². The van der Waals surface area contributed by atoms with Gasteiger partial charge in [0, 0.05) is 15.8 Å². The van der Waals surface area contributed by atoms with Crippen molar-refractivity contribution >= 4 is 44.9 Å². The minimum absolute atomic E-state index is 0.347. The molecule has 0 radical (unpaired) electrons. The number of halogens is 2. The maximum atomic E-state index is 12.0. The van der Waals surface area contributed by atoms with Gasteiger partial charge in [0.05, 0.1) is 10.4 Å². The van der Waals surface area contributed by atoms with E-state index in [1.54, 1.807) is 12.1 Å². The van der Waals surface area contributed by atoms with E-state index in [0.29, 0.717) is 21.0 Å². The van der Waals surface area contributed by atoms with Gasteiger partial charge in [-0.2, -0.15) is 0 Å². The lowest BCUT2D eigenvalue weighted by atomic mass is 10.0. The Morgan fingerprint density at radius 2 is 1.53 bits per heavy atom. The quantitative estimate of drug-likeness (QED) is 0.437. The number of hydrogen-bond donors (Lipinski definition) is 0. The molecule has 0 saturated carbocycles. The van der Waals surface area contributed by atoms with Gasteiger partial charge in [-0.25, -0.2) is 4.79 Å². The second-order valence-corrected chi connectivity index (χ2v) is 5.48. The fourth-order valence-electron chi connectivity index (χ4n) is 2.22. The highest BCUT2D eigenvalue weighted by Crippen LogP contribution is 2.32. The van der Waals surface area contributed by atoms with Gasteiger partial charge in [-0.15, -0.1) is 0 Å². The third kappa shape index (κ3) is 1.92. The topological polar surface area (TPSA) is 30.2 Å². The predicted molar refractivity (Wildman–Crippen MR) is 79.5 cm³/mol. The molecule has 0 amide bonds. The first-order valence-corrected chi connectivity index (χ1v) is 6.56. The Morgan fingerprint density at radius 1 is 0.895 bits per heavy atom. The minimum Gasteiger partial charge on any atom is -0.421 e. The molecule has 0 N–H and O–H groups in total. The first kappa shape index (κ1) is 12.5. The van der Waals surface area contributed by atoms with Crippen molar-refractivity contribution in [3.05, 3.63) is 55.9 Å². The van der Waals surface area contributed by atoms with Crippen LogP contribution in [0.1, 0.15) is 11.1 Å². The van der Waals surface area contributed by atoms with Gasteiger partial charge in [0.1, 0.15) is 0 Å². The Bertz CT molecular complexity index is 879. The summed E-state index contributed by atoms with van der Waals surface area (Å²) in [6.07, 6.45) is 0. The molecule has 1 heterocycles. The lowest BCUT2D eigenvalue weighted by molar-refractivity contribution is 0.570. The molecule has 0 unspecified atom stereocenters. The molecular weight excluding hydrogens is 283 g/mol. The van der Waals surface area contributed by atoms with E-state index in [9.17, 15) is 4.79 Å². The second kappa shape index (κ2) is 4.26. The summed E-state index contributed by atoms with van der Waals surface area (Å²) in [7, 11) is 0. The van der Waals surface area contributed by atoms with Crippen molar-refractivity contribution in [3.63, 3.8) is 0 Å². The monoisotopic (exact) mass is 292 g/mol. The van der Waals surface area contributed by atoms with Crippen molar-refractivity contribution in [1.29, 1.82) is 0 Å². The summed E-state index contributed by atoms with van der Waals surface area (Å²) in [5, 5.41) is 2.99. The molecule has 2 aromatic carbocycles. The van der Waals surface area contributed by atoms with Crippen LogP contribution in [0.15, 0.2) is 33.5 Å². The molecule has 96 valence electrons. The molecule has 0 spiro atoms. The van der Waals surface area contributed by atoms with Crippen LogP contribution in [0.3, 0.4) is 0 Å². The molecule has 4 heteroatoms. The Hall–Kier alpha value is -1.51. The number of hydrogen-bond acceptors (Lipinski definition) is 2. The Balaban J connectivity index is 2.66. The van der Waals surface area contributed by atoms with E-state index in [0.717, 1.165) is 21.9 Å². The highest BCUT2D eigenvalue weighted by Gasteiger charge is 2.12. The SMILES string of the molecule is Cc1cc2c(=O)oc3c(Cl)cc(Cl)cc3c2cc1C. The molecule has 3 rings (SSSR count). The summed E-state index contributed by atoms with van der Waals surface area (Å²) in [6.45, 7) is 3.96. The standard InChI is InChI=1S/C15H10Cl2O2/c1-7-3-10-11-5-9(16)6-13(17)14(11)19-15(18)12(10)4-8(7)2/h3-6H,1-2H3. The summed E-state index contributed by atoms with van der Waals surface area (Å²) < 4.78 is 5.31. The smallest absolute Gasteiger partial charge is 0.344 e. The zero-order valence-corrected chi connectivity index (χ0v) is 11.9. The van der Waals surface area contributed by atoms with Crippen molar-refractivity contribution in [2.75, 3.05) is 0 Å². The molecule has 0 fully saturated rings. The largest absolute Gasteiger partial charge is 0.421 e. The van der Waals surface area contributed by atoms with Crippen LogP contribution < -0.4 is 5.63 Å². The number of rotatable bonds is 0. The maximum absolute atomic E-state index is 12.0. The van der Waals surface area contributed by atoms with Crippen LogP contribution in [-0.4, -0.2) is 0 Å². The van der Waals surface area contributed by atoms with Crippen LogP contribution in [0.2, 0.25) is 10.0 Å². The first-order valence-electron chi connectivity index (χ1n) is 5.80. The van der Waals surface area contributed by atoms with Gasteiger partial charge in [-0.1, -0.05) is 29.3 Å². The molecule has 0 aliphatic carbocycles. The third-order valence-corrected chi connectivity index (χ3v) is 3.85. The molecule has 1 aromatic heterocycles. The fourth-order valence-corrected chi connectivity index (χ4v) is 2.75. The summed E-state index contributed by atoms with van der Waals surface area (Å²) in [4.78, 5) is 12.0. The summed E-state index contributed by atoms with van der Waals surface area (Å²) >= 11 is 12.1. The van der Waals surface area contributed by atoms with Gasteiger partial charge < -0.3 is 4.42 Å². The molecule has 0 bridgehead atoms. The number of fused-ring (bicyclic) bond motifs is 3. The van der Waals surface area contributed by atoms with Gasteiger partial charge in [-0.05, 0) is 43.2 Å². The second-order valence-electron chi connectivity index (χ2n) is 4.64. The zero-order chi connectivity index (χ0) is 13.7. The van der Waals surface area contributed by atoms with Crippen LogP contribution in [-0.2, 0) is 0 Å². The first-order chi connectivity index (χ1) is 8.97. The van der Waals surface area contributed by atoms with E-state index in [1.165, 1.54) is 0 Å². The Kier molecular flexibility index (Phi) is 2.80. The zero-order valence-electron chi connectivity index (χ0n) is 10.4. The van der Waals surface area contributed by atoms with Crippen LogP contribution in [0.4, 0.5) is 0 Å². The van der Waals surface area contributed by atoms with Gasteiger partial charge in [0.2, 0.25) is 0 Å². The highest BCUT2D eigenvalue weighted by molar-refractivity contribution is 6.38. The summed E-state index contributed by atoms with van der Waals surface area (Å²) in [5.41, 5.74) is 2.16. The van der Waals surface area contributed by atoms with Gasteiger partial charge in [0.15, 0.2) is 5.58 Å². The molecular formula is C15H10Cl2O2. The molecule has 3 aromatic rings. The molecule has 2 nitrogen and oxygen atoms in total. The summed E-state index contributed by atoms with van der Waals surface area (Å²) in [6, 6.07) is 7.14. The van der Waals surface area contributed by atoms with E-state index in [2.05, 4.69) is 0 Å². The lowest BCUT2D eigenvalue weighted by Crippen LogP contribution is -2.01. The van der Waals surface area contributed by atoms with Crippen molar-refractivity contribution in [2.24, 2.45) is 0 Å². The molecule has 19 heavy (non-hydrogen) atoms.